The molecule has 0 rings (SSSR count). The Labute approximate surface area is 90.6 Å². The summed E-state index contributed by atoms with van der Waals surface area (Å²) in [5, 5.41) is 9.11. The van der Waals surface area contributed by atoms with Gasteiger partial charge in [0.05, 0.1) is 0 Å². The molecule has 0 saturated carbocycles. The van der Waals surface area contributed by atoms with Crippen molar-refractivity contribution < 1.29 is 41.0 Å². The quantitative estimate of drug-likeness (QED) is 0.761. The molecule has 10 heteroatoms. The molecule has 0 radical (unpaired) electrons. The predicted molar refractivity (Wildman–Crippen MR) is 40.9 cm³/mol. The molecular weight excluding hydrogens is 260 g/mol. The predicted octanol–water partition coefficient (Wildman–Crippen LogP) is 1.46. The zero-order valence-electron chi connectivity index (χ0n) is 8.24. The van der Waals surface area contributed by atoms with Crippen LogP contribution in [0.1, 0.15) is 13.3 Å². The standard InChI is InChI=1S/C7H7F6NO3/c1-5(4(16)17,7(11,12)13)14-3(15)2-6(8,9)10/h2H2,1H3,(H,14,15)(H,16,17). The molecule has 0 bridgehead atoms. The highest BCUT2D eigenvalue weighted by Crippen LogP contribution is 2.31. The number of halogens is 6. The van der Waals surface area contributed by atoms with Crippen LogP contribution in [0.4, 0.5) is 26.3 Å². The van der Waals surface area contributed by atoms with Crippen LogP contribution >= 0.6 is 0 Å². The fraction of sp³-hybridized carbons (Fsp3) is 0.714. The van der Waals surface area contributed by atoms with E-state index in [2.05, 4.69) is 0 Å². The fourth-order valence-corrected chi connectivity index (χ4v) is 0.751. The molecule has 2 N–H and O–H groups in total. The van der Waals surface area contributed by atoms with Gasteiger partial charge in [0.15, 0.2) is 0 Å². The van der Waals surface area contributed by atoms with Crippen molar-refractivity contribution in [2.45, 2.75) is 31.2 Å². The van der Waals surface area contributed by atoms with Crippen LogP contribution in [0.3, 0.4) is 0 Å². The highest BCUT2D eigenvalue weighted by molar-refractivity contribution is 5.87. The van der Waals surface area contributed by atoms with Crippen LogP contribution in [0, 0.1) is 0 Å². The molecule has 0 aromatic rings. The van der Waals surface area contributed by atoms with E-state index in [9.17, 15) is 35.9 Å². The molecule has 1 unspecified atom stereocenters. The van der Waals surface area contributed by atoms with Crippen LogP contribution in [0.2, 0.25) is 0 Å². The van der Waals surface area contributed by atoms with Gasteiger partial charge in [0, 0.05) is 0 Å². The molecule has 0 heterocycles. The molecule has 0 saturated heterocycles. The number of amides is 1. The lowest BCUT2D eigenvalue weighted by Crippen LogP contribution is -2.62. The number of carbonyl (C=O) groups excluding carboxylic acids is 1. The minimum Gasteiger partial charge on any atom is -0.479 e. The highest BCUT2D eigenvalue weighted by Gasteiger charge is 2.58. The van der Waals surface area contributed by atoms with Gasteiger partial charge in [-0.05, 0) is 6.92 Å². The van der Waals surface area contributed by atoms with E-state index in [1.807, 2.05) is 0 Å². The SMILES string of the molecule is CC(NC(=O)CC(F)(F)F)(C(=O)O)C(F)(F)F. The maximum absolute atomic E-state index is 12.3. The van der Waals surface area contributed by atoms with Crippen LogP contribution in [0.5, 0.6) is 0 Å². The van der Waals surface area contributed by atoms with Gasteiger partial charge in [-0.25, -0.2) is 4.79 Å². The smallest absolute Gasteiger partial charge is 0.422 e. The number of carboxylic acid groups (broad SMARTS) is 1. The van der Waals surface area contributed by atoms with Gasteiger partial charge in [-0.3, -0.25) is 4.79 Å². The van der Waals surface area contributed by atoms with E-state index in [0.29, 0.717) is 0 Å². The number of hydrogen-bond acceptors (Lipinski definition) is 2. The summed E-state index contributed by atoms with van der Waals surface area (Å²) in [6, 6.07) is 0. The lowest BCUT2D eigenvalue weighted by atomic mass is 10.0. The number of aliphatic carboxylic acids is 1. The second-order valence-corrected chi connectivity index (χ2v) is 3.27. The molecule has 1 atom stereocenters. The highest BCUT2D eigenvalue weighted by atomic mass is 19.4. The lowest BCUT2D eigenvalue weighted by Gasteiger charge is -2.28. The van der Waals surface area contributed by atoms with Crippen LogP contribution in [0.15, 0.2) is 0 Å². The van der Waals surface area contributed by atoms with Gasteiger partial charge in [0.2, 0.25) is 11.4 Å². The summed E-state index contributed by atoms with van der Waals surface area (Å²) in [6.07, 6.45) is -12.6. The average Bonchev–Trinajstić information content (AvgIpc) is 1.96. The van der Waals surface area contributed by atoms with Crippen LogP contribution in [-0.4, -0.2) is 34.9 Å². The first-order valence-electron chi connectivity index (χ1n) is 3.97. The Hall–Kier alpha value is -1.48. The fourth-order valence-electron chi connectivity index (χ4n) is 0.751. The molecule has 0 aliphatic heterocycles. The Morgan fingerprint density at radius 1 is 1.12 bits per heavy atom. The van der Waals surface area contributed by atoms with Crippen molar-refractivity contribution in [1.82, 2.24) is 5.32 Å². The summed E-state index contributed by atoms with van der Waals surface area (Å²) in [7, 11) is 0. The number of hydrogen-bond donors (Lipinski definition) is 2. The summed E-state index contributed by atoms with van der Waals surface area (Å²) >= 11 is 0. The van der Waals surface area contributed by atoms with Gasteiger partial charge in [-0.2, -0.15) is 26.3 Å². The average molecular weight is 267 g/mol. The Morgan fingerprint density at radius 3 is 1.76 bits per heavy atom. The van der Waals surface area contributed by atoms with E-state index in [4.69, 9.17) is 5.11 Å². The maximum Gasteiger partial charge on any atom is 0.422 e. The van der Waals surface area contributed by atoms with Crippen LogP contribution < -0.4 is 5.32 Å². The number of alkyl halides is 6. The van der Waals surface area contributed by atoms with E-state index in [1.165, 1.54) is 0 Å². The molecule has 0 aliphatic carbocycles. The van der Waals surface area contributed by atoms with Crippen molar-refractivity contribution in [2.75, 3.05) is 0 Å². The zero-order valence-corrected chi connectivity index (χ0v) is 8.24. The lowest BCUT2D eigenvalue weighted by molar-refractivity contribution is -0.209. The molecule has 100 valence electrons. The van der Waals surface area contributed by atoms with Crippen molar-refractivity contribution >= 4 is 11.9 Å². The van der Waals surface area contributed by atoms with Gasteiger partial charge < -0.3 is 10.4 Å². The molecular formula is C7H7F6NO3. The maximum atomic E-state index is 12.3. The molecule has 0 fully saturated rings. The number of rotatable bonds is 3. The van der Waals surface area contributed by atoms with E-state index in [0.717, 1.165) is 5.32 Å². The van der Waals surface area contributed by atoms with Crippen molar-refractivity contribution in [2.24, 2.45) is 0 Å². The molecule has 0 spiro atoms. The largest absolute Gasteiger partial charge is 0.479 e. The van der Waals surface area contributed by atoms with Gasteiger partial charge in [0.25, 0.3) is 0 Å². The summed E-state index contributed by atoms with van der Waals surface area (Å²) < 4.78 is 71.9. The monoisotopic (exact) mass is 267 g/mol. The Balaban J connectivity index is 4.93. The topological polar surface area (TPSA) is 66.4 Å². The molecule has 0 aromatic carbocycles. The van der Waals surface area contributed by atoms with Crippen LogP contribution in [0.25, 0.3) is 0 Å². The van der Waals surface area contributed by atoms with Gasteiger partial charge >= 0.3 is 18.3 Å². The van der Waals surface area contributed by atoms with Crippen LogP contribution in [-0.2, 0) is 9.59 Å². The minimum atomic E-state index is -5.42. The third-order valence-corrected chi connectivity index (χ3v) is 1.75. The van der Waals surface area contributed by atoms with Gasteiger partial charge in [-0.15, -0.1) is 0 Å². The first-order valence-corrected chi connectivity index (χ1v) is 3.97. The normalized spacial score (nSPS) is 16.2. The van der Waals surface area contributed by atoms with E-state index >= 15 is 0 Å². The van der Waals surface area contributed by atoms with Crippen molar-refractivity contribution in [3.05, 3.63) is 0 Å². The summed E-state index contributed by atoms with van der Waals surface area (Å²) in [6.45, 7) is 0.0591. The molecule has 17 heavy (non-hydrogen) atoms. The third kappa shape index (κ3) is 4.11. The van der Waals surface area contributed by atoms with Crippen molar-refractivity contribution in [3.63, 3.8) is 0 Å². The summed E-state index contributed by atoms with van der Waals surface area (Å²) in [5.74, 6) is -4.57. The summed E-state index contributed by atoms with van der Waals surface area (Å²) in [4.78, 5) is 21.0. The molecule has 0 aliphatic rings. The second-order valence-electron chi connectivity index (χ2n) is 3.27. The number of carbonyl (C=O) groups is 2. The van der Waals surface area contributed by atoms with Crippen molar-refractivity contribution in [1.29, 1.82) is 0 Å². The first kappa shape index (κ1) is 15.5. The first-order chi connectivity index (χ1) is 7.29. The van der Waals surface area contributed by atoms with E-state index in [-0.39, 0.29) is 6.92 Å². The van der Waals surface area contributed by atoms with Gasteiger partial charge in [0.1, 0.15) is 6.42 Å². The minimum absolute atomic E-state index is 0.0591. The van der Waals surface area contributed by atoms with E-state index in [1.54, 1.807) is 0 Å². The Bertz CT molecular complexity index is 323. The van der Waals surface area contributed by atoms with E-state index < -0.39 is 36.2 Å². The third-order valence-electron chi connectivity index (χ3n) is 1.75. The Morgan fingerprint density at radius 2 is 1.53 bits per heavy atom. The number of carboxylic acids is 1. The Kier molecular flexibility index (Phi) is 4.03. The van der Waals surface area contributed by atoms with Gasteiger partial charge in [-0.1, -0.05) is 0 Å². The van der Waals surface area contributed by atoms with Crippen molar-refractivity contribution in [3.8, 4) is 0 Å². The molecule has 1 amide bonds. The second kappa shape index (κ2) is 4.41. The molecule has 0 aromatic heterocycles. The number of nitrogens with one attached hydrogen (secondary N) is 1. The zero-order chi connectivity index (χ0) is 14.1. The summed E-state index contributed by atoms with van der Waals surface area (Å²) in [5.41, 5.74) is -3.75. The molecule has 4 nitrogen and oxygen atoms in total.